The predicted molar refractivity (Wildman–Crippen MR) is 140 cm³/mol. The first-order valence-corrected chi connectivity index (χ1v) is 12.4. The van der Waals surface area contributed by atoms with Crippen molar-refractivity contribution < 1.29 is 19.1 Å². The molecular formula is C25H27N7O4S. The molecule has 0 aromatic carbocycles. The lowest BCUT2D eigenvalue weighted by Gasteiger charge is -2.46. The second-order valence-corrected chi connectivity index (χ2v) is 10.2. The number of rotatable bonds is 8. The summed E-state index contributed by atoms with van der Waals surface area (Å²) in [6, 6.07) is 5.44. The Kier molecular flexibility index (Phi) is 6.63. The normalized spacial score (nSPS) is 14.8. The number of aryl methyl sites for hydroxylation is 1. The van der Waals surface area contributed by atoms with Crippen molar-refractivity contribution in [2.24, 2.45) is 0 Å². The minimum Gasteiger partial charge on any atom is -0.481 e. The highest BCUT2D eigenvalue weighted by molar-refractivity contribution is 7.21. The van der Waals surface area contributed by atoms with Gasteiger partial charge in [-0.25, -0.2) is 9.50 Å². The smallest absolute Gasteiger partial charge is 0.260 e. The van der Waals surface area contributed by atoms with Crippen LogP contribution < -0.4 is 15.4 Å². The molecule has 0 radical (unpaired) electrons. The van der Waals surface area contributed by atoms with Crippen LogP contribution in [-0.2, 0) is 9.53 Å². The van der Waals surface area contributed by atoms with Gasteiger partial charge < -0.3 is 20.1 Å². The van der Waals surface area contributed by atoms with Gasteiger partial charge in [0.05, 0.1) is 64.7 Å². The van der Waals surface area contributed by atoms with Crippen LogP contribution in [0, 0.1) is 6.92 Å². The van der Waals surface area contributed by atoms with Gasteiger partial charge in [0.25, 0.3) is 5.91 Å². The van der Waals surface area contributed by atoms with Gasteiger partial charge >= 0.3 is 0 Å². The van der Waals surface area contributed by atoms with E-state index in [1.165, 1.54) is 17.5 Å². The zero-order valence-corrected chi connectivity index (χ0v) is 21.8. The summed E-state index contributed by atoms with van der Waals surface area (Å²) >= 11 is 1.42. The van der Waals surface area contributed by atoms with Crippen molar-refractivity contribution in [2.75, 3.05) is 44.5 Å². The van der Waals surface area contributed by atoms with Gasteiger partial charge in [0, 0.05) is 32.6 Å². The van der Waals surface area contributed by atoms with E-state index in [1.807, 2.05) is 30.2 Å². The Morgan fingerprint density at radius 1 is 1.19 bits per heavy atom. The third kappa shape index (κ3) is 5.03. The Labute approximate surface area is 217 Å². The Balaban J connectivity index is 1.29. The number of likely N-dealkylation sites (tertiary alicyclic amines) is 1. The molecule has 0 bridgehead atoms. The van der Waals surface area contributed by atoms with Crippen LogP contribution in [0.4, 0.5) is 11.4 Å². The van der Waals surface area contributed by atoms with Crippen molar-refractivity contribution >= 4 is 39.4 Å². The lowest BCUT2D eigenvalue weighted by Crippen LogP contribution is -2.62. The van der Waals surface area contributed by atoms with E-state index >= 15 is 0 Å². The molecule has 2 amide bonds. The van der Waals surface area contributed by atoms with E-state index in [1.54, 1.807) is 44.1 Å². The highest BCUT2D eigenvalue weighted by Crippen LogP contribution is 2.35. The molecule has 1 fully saturated rings. The SMILES string of the molecule is COc1ncccc1-c1cn2ncc(C(=O)Nc3cc(NC(=O)CN4CC(C)(OC)C4)cnc3C)c2s1. The molecule has 11 nitrogen and oxygen atoms in total. The fourth-order valence-corrected chi connectivity index (χ4v) is 5.34. The largest absolute Gasteiger partial charge is 0.481 e. The number of hydrogen-bond donors (Lipinski definition) is 2. The van der Waals surface area contributed by atoms with E-state index in [9.17, 15) is 9.59 Å². The van der Waals surface area contributed by atoms with E-state index in [0.29, 0.717) is 46.4 Å². The molecule has 5 rings (SSSR count). The predicted octanol–water partition coefficient (Wildman–Crippen LogP) is 3.08. The maximum atomic E-state index is 13.2. The Bertz CT molecular complexity index is 1470. The van der Waals surface area contributed by atoms with Crippen molar-refractivity contribution in [3.63, 3.8) is 0 Å². The molecule has 1 aliphatic rings. The highest BCUT2D eigenvalue weighted by atomic mass is 32.1. The van der Waals surface area contributed by atoms with E-state index in [4.69, 9.17) is 9.47 Å². The second-order valence-electron chi connectivity index (χ2n) is 9.12. The van der Waals surface area contributed by atoms with Gasteiger partial charge in [-0.05, 0) is 32.0 Å². The zero-order chi connectivity index (χ0) is 26.2. The Hall–Kier alpha value is -3.87. The summed E-state index contributed by atoms with van der Waals surface area (Å²) in [6.45, 7) is 5.45. The molecule has 0 atom stereocenters. The van der Waals surface area contributed by atoms with Crippen LogP contribution in [0.15, 0.2) is 43.0 Å². The van der Waals surface area contributed by atoms with Crippen molar-refractivity contribution in [1.82, 2.24) is 24.5 Å². The van der Waals surface area contributed by atoms with Crippen LogP contribution in [0.3, 0.4) is 0 Å². The Morgan fingerprint density at radius 3 is 2.76 bits per heavy atom. The van der Waals surface area contributed by atoms with Crippen LogP contribution >= 0.6 is 11.3 Å². The average Bonchev–Trinajstić information content (AvgIpc) is 3.46. The topological polar surface area (TPSA) is 123 Å². The maximum Gasteiger partial charge on any atom is 0.260 e. The molecule has 4 aromatic heterocycles. The number of hydrogen-bond acceptors (Lipinski definition) is 9. The zero-order valence-electron chi connectivity index (χ0n) is 20.9. The van der Waals surface area contributed by atoms with E-state index in [0.717, 1.165) is 10.4 Å². The summed E-state index contributed by atoms with van der Waals surface area (Å²) in [5.41, 5.74) is 2.68. The van der Waals surface area contributed by atoms with E-state index < -0.39 is 0 Å². The number of anilines is 2. The molecule has 0 unspecified atom stereocenters. The summed E-state index contributed by atoms with van der Waals surface area (Å²) in [5, 5.41) is 10.1. The van der Waals surface area contributed by atoms with Gasteiger partial charge in [-0.2, -0.15) is 5.10 Å². The van der Waals surface area contributed by atoms with Crippen LogP contribution in [0.25, 0.3) is 15.3 Å². The molecule has 1 saturated heterocycles. The average molecular weight is 522 g/mol. The first-order valence-electron chi connectivity index (χ1n) is 11.6. The number of ether oxygens (including phenoxy) is 2. The molecule has 37 heavy (non-hydrogen) atoms. The third-order valence-corrected chi connectivity index (χ3v) is 7.41. The molecule has 0 aliphatic carbocycles. The summed E-state index contributed by atoms with van der Waals surface area (Å²) < 4.78 is 12.5. The lowest BCUT2D eigenvalue weighted by molar-refractivity contribution is -0.131. The molecular weight excluding hydrogens is 494 g/mol. The fourth-order valence-electron chi connectivity index (χ4n) is 4.27. The minimum atomic E-state index is -0.325. The number of carbonyl (C=O) groups excluding carboxylic acids is 2. The Morgan fingerprint density at radius 2 is 2.00 bits per heavy atom. The number of amides is 2. The fraction of sp³-hybridized carbons (Fsp3) is 0.320. The van der Waals surface area contributed by atoms with Gasteiger partial charge in [0.2, 0.25) is 11.8 Å². The number of nitrogens with zero attached hydrogens (tertiary/aromatic N) is 5. The van der Waals surface area contributed by atoms with Gasteiger partial charge in [0.1, 0.15) is 4.83 Å². The maximum absolute atomic E-state index is 13.2. The quantitative estimate of drug-likeness (QED) is 0.363. The van der Waals surface area contributed by atoms with Gasteiger partial charge in [-0.3, -0.25) is 19.5 Å². The van der Waals surface area contributed by atoms with Crippen LogP contribution in [-0.4, -0.2) is 75.8 Å². The number of carbonyl (C=O) groups is 2. The van der Waals surface area contributed by atoms with Crippen molar-refractivity contribution in [1.29, 1.82) is 0 Å². The van der Waals surface area contributed by atoms with E-state index in [2.05, 4.69) is 25.7 Å². The molecule has 2 N–H and O–H groups in total. The van der Waals surface area contributed by atoms with Crippen LogP contribution in [0.1, 0.15) is 23.0 Å². The summed E-state index contributed by atoms with van der Waals surface area (Å²) in [5.74, 6) is 0.0196. The van der Waals surface area contributed by atoms with E-state index in [-0.39, 0.29) is 24.0 Å². The number of fused-ring (bicyclic) bond motifs is 1. The van der Waals surface area contributed by atoms with Crippen molar-refractivity contribution in [3.05, 3.63) is 54.2 Å². The first kappa shape index (κ1) is 24.8. The van der Waals surface area contributed by atoms with Gasteiger partial charge in [-0.15, -0.1) is 11.3 Å². The standard InChI is InChI=1S/C25H27N7O4S/c1-15-19(8-16(9-27-15)29-21(33)12-31-13-25(2,14-31)36-4)30-22(34)18-10-28-32-11-20(37-24(18)32)17-6-5-7-26-23(17)35-3/h5-11H,12-14H2,1-4H3,(H,29,33)(H,30,34). The van der Waals surface area contributed by atoms with Gasteiger partial charge in [0.15, 0.2) is 0 Å². The molecule has 5 heterocycles. The third-order valence-electron chi connectivity index (χ3n) is 6.27. The lowest BCUT2D eigenvalue weighted by atomic mass is 9.96. The molecule has 4 aromatic rings. The monoisotopic (exact) mass is 521 g/mol. The number of pyridine rings is 2. The first-order chi connectivity index (χ1) is 17.8. The number of thiazole rings is 1. The number of nitrogens with one attached hydrogen (secondary N) is 2. The second kappa shape index (κ2) is 9.88. The van der Waals surface area contributed by atoms with Crippen molar-refractivity contribution in [3.8, 4) is 16.3 Å². The molecule has 12 heteroatoms. The van der Waals surface area contributed by atoms with Crippen molar-refractivity contribution in [2.45, 2.75) is 19.4 Å². The highest BCUT2D eigenvalue weighted by Gasteiger charge is 2.39. The van der Waals surface area contributed by atoms with Crippen LogP contribution in [0.5, 0.6) is 5.88 Å². The molecule has 0 saturated carbocycles. The summed E-state index contributed by atoms with van der Waals surface area (Å²) in [4.78, 5) is 37.8. The van der Waals surface area contributed by atoms with Crippen LogP contribution in [0.2, 0.25) is 0 Å². The summed E-state index contributed by atoms with van der Waals surface area (Å²) in [7, 11) is 3.24. The number of aromatic nitrogens is 4. The molecule has 1 aliphatic heterocycles. The van der Waals surface area contributed by atoms with Gasteiger partial charge in [-0.1, -0.05) is 0 Å². The molecule has 192 valence electrons. The molecule has 0 spiro atoms. The summed E-state index contributed by atoms with van der Waals surface area (Å²) in [6.07, 6.45) is 6.60. The number of methoxy groups -OCH3 is 2. The minimum absolute atomic E-state index is 0.156.